The van der Waals surface area contributed by atoms with Crippen LogP contribution in [-0.4, -0.2) is 60.2 Å². The van der Waals surface area contributed by atoms with Crippen LogP contribution in [0.15, 0.2) is 41.9 Å². The lowest BCUT2D eigenvalue weighted by Crippen LogP contribution is -2.29. The number of hydrogen-bond donors (Lipinski definition) is 5. The first-order chi connectivity index (χ1) is 19.2. The number of halogens is 3. The van der Waals surface area contributed by atoms with E-state index in [1.807, 2.05) is 0 Å². The Morgan fingerprint density at radius 3 is 2.20 bits per heavy atom. The van der Waals surface area contributed by atoms with Gasteiger partial charge in [0, 0.05) is 52.7 Å². The van der Waals surface area contributed by atoms with Crippen LogP contribution in [0.25, 0.3) is 0 Å². The molecule has 0 bridgehead atoms. The first kappa shape index (κ1) is 31.3. The highest BCUT2D eigenvalue weighted by atomic mass is 35.6. The van der Waals surface area contributed by atoms with Gasteiger partial charge in [-0.15, -0.1) is 0 Å². The Morgan fingerprint density at radius 1 is 0.976 bits per heavy atom. The van der Waals surface area contributed by atoms with Gasteiger partial charge in [0.25, 0.3) is 17.7 Å². The number of rotatable bonds is 11. The van der Waals surface area contributed by atoms with Crippen LogP contribution in [0.2, 0.25) is 0 Å². The first-order valence-corrected chi connectivity index (χ1v) is 12.9. The molecule has 0 aliphatic rings. The predicted molar refractivity (Wildman–Crippen MR) is 158 cm³/mol. The van der Waals surface area contributed by atoms with Crippen LogP contribution < -0.4 is 26.7 Å². The summed E-state index contributed by atoms with van der Waals surface area (Å²) in [5.74, 6) is -1.68. The van der Waals surface area contributed by atoms with Crippen molar-refractivity contribution < 1.29 is 19.2 Å². The maximum atomic E-state index is 13.7. The molecule has 0 aromatic carbocycles. The number of aryl methyl sites for hydroxylation is 3. The molecule has 3 rings (SSSR count). The highest BCUT2D eigenvalue weighted by molar-refractivity contribution is 6.74. The standard InChI is InChI=1S/C24H27Cl3N10O4/c1-34-9-14(31-13-38)6-17(34)22(40)33-15-7-19(35(2)10-15)23(41)37(32-12-24(25,26)27)16-8-18(36(3)11-16)21(39)30-5-4-20(28)29/h6-13H,4-5H2,1-3H3,(H3,28,29)(H,30,39)(H,31,38)(H,33,40)/b32-12+. The highest BCUT2D eigenvalue weighted by Gasteiger charge is 2.26. The second-order valence-corrected chi connectivity index (χ2v) is 11.2. The van der Waals surface area contributed by atoms with Gasteiger partial charge in [0.05, 0.1) is 29.1 Å². The molecule has 3 heterocycles. The van der Waals surface area contributed by atoms with Crippen LogP contribution >= 0.6 is 34.8 Å². The zero-order valence-electron chi connectivity index (χ0n) is 22.1. The van der Waals surface area contributed by atoms with Crippen LogP contribution in [0.1, 0.15) is 37.9 Å². The molecule has 41 heavy (non-hydrogen) atoms. The molecule has 0 fully saturated rings. The van der Waals surface area contributed by atoms with Crippen LogP contribution in [0.5, 0.6) is 0 Å². The number of alkyl halides is 3. The first-order valence-electron chi connectivity index (χ1n) is 11.8. The van der Waals surface area contributed by atoms with Crippen molar-refractivity contribution in [1.82, 2.24) is 19.0 Å². The third kappa shape index (κ3) is 8.13. The van der Waals surface area contributed by atoms with Crippen molar-refractivity contribution in [3.8, 4) is 0 Å². The molecule has 0 aliphatic heterocycles. The molecule has 0 aliphatic carbocycles. The molecule has 0 saturated heterocycles. The predicted octanol–water partition coefficient (Wildman–Crippen LogP) is 2.58. The Bertz CT molecular complexity index is 1520. The number of carbonyl (C=O) groups excluding carboxylic acids is 4. The average molecular weight is 626 g/mol. The number of carbonyl (C=O) groups is 4. The minimum atomic E-state index is -1.93. The van der Waals surface area contributed by atoms with Gasteiger partial charge in [-0.2, -0.15) is 10.1 Å². The fourth-order valence-corrected chi connectivity index (χ4v) is 3.87. The smallest absolute Gasteiger partial charge is 0.295 e. The van der Waals surface area contributed by atoms with Crippen molar-refractivity contribution in [3.63, 3.8) is 0 Å². The molecular weight excluding hydrogens is 599 g/mol. The summed E-state index contributed by atoms with van der Waals surface area (Å²) >= 11 is 17.5. The number of amides is 4. The molecule has 4 amide bonds. The maximum absolute atomic E-state index is 13.7. The molecule has 0 unspecified atom stereocenters. The van der Waals surface area contributed by atoms with Crippen LogP contribution in [0.3, 0.4) is 0 Å². The molecule has 0 saturated carbocycles. The van der Waals surface area contributed by atoms with E-state index in [0.29, 0.717) is 17.8 Å². The van der Waals surface area contributed by atoms with Gasteiger partial charge in [-0.3, -0.25) is 24.6 Å². The Labute approximate surface area is 249 Å². The van der Waals surface area contributed by atoms with Gasteiger partial charge in [-0.1, -0.05) is 34.8 Å². The molecule has 6 N–H and O–H groups in total. The summed E-state index contributed by atoms with van der Waals surface area (Å²) in [7, 11) is 4.83. The maximum Gasteiger partial charge on any atom is 0.295 e. The Morgan fingerprint density at radius 2 is 1.56 bits per heavy atom. The van der Waals surface area contributed by atoms with E-state index < -0.39 is 21.5 Å². The zero-order valence-corrected chi connectivity index (χ0v) is 24.4. The van der Waals surface area contributed by atoms with E-state index in [4.69, 9.17) is 45.9 Å². The lowest BCUT2D eigenvalue weighted by molar-refractivity contribution is -0.105. The summed E-state index contributed by atoms with van der Waals surface area (Å²) in [5.41, 5.74) is 6.82. The number of nitrogens with zero attached hydrogens (tertiary/aromatic N) is 5. The number of nitrogens with two attached hydrogens (primary N) is 1. The zero-order chi connectivity index (χ0) is 30.5. The largest absolute Gasteiger partial charge is 0.388 e. The fourth-order valence-electron chi connectivity index (χ4n) is 3.74. The quantitative estimate of drug-likeness (QED) is 0.0720. The SMILES string of the molecule is Cn1cc(N(/N=C/C(Cl)(Cl)Cl)C(=O)c2cc(NC(=O)c3cc(NC=O)cn3C)cn2C)cc1C(=O)NCCC(=N)N. The molecule has 17 heteroatoms. The molecule has 0 atom stereocenters. The summed E-state index contributed by atoms with van der Waals surface area (Å²) in [5, 5.41) is 20.1. The average Bonchev–Trinajstić information content (AvgIpc) is 3.54. The van der Waals surface area contributed by atoms with E-state index in [1.165, 1.54) is 44.3 Å². The number of anilines is 3. The van der Waals surface area contributed by atoms with Crippen LogP contribution in [0, 0.1) is 5.41 Å². The Kier molecular flexibility index (Phi) is 9.86. The van der Waals surface area contributed by atoms with E-state index in [9.17, 15) is 19.2 Å². The summed E-state index contributed by atoms with van der Waals surface area (Å²) in [4.78, 5) is 49.9. The topological polar surface area (TPSA) is 185 Å². The van der Waals surface area contributed by atoms with E-state index in [1.54, 1.807) is 27.3 Å². The second-order valence-electron chi connectivity index (χ2n) is 8.79. The van der Waals surface area contributed by atoms with Crippen molar-refractivity contribution in [2.24, 2.45) is 32.0 Å². The number of hydrogen-bond acceptors (Lipinski definition) is 6. The third-order valence-electron chi connectivity index (χ3n) is 5.60. The number of hydrazone groups is 1. The summed E-state index contributed by atoms with van der Waals surface area (Å²) in [6.45, 7) is 0.151. The van der Waals surface area contributed by atoms with Gasteiger partial charge >= 0.3 is 0 Å². The van der Waals surface area contributed by atoms with E-state index in [2.05, 4.69) is 21.1 Å². The van der Waals surface area contributed by atoms with E-state index >= 15 is 0 Å². The van der Waals surface area contributed by atoms with Crippen molar-refractivity contribution in [2.45, 2.75) is 10.2 Å². The highest BCUT2D eigenvalue weighted by Crippen LogP contribution is 2.27. The summed E-state index contributed by atoms with van der Waals surface area (Å²) in [6.07, 6.45) is 6.19. The number of aromatic nitrogens is 3. The molecular formula is C24H27Cl3N10O4. The lowest BCUT2D eigenvalue weighted by Gasteiger charge is -2.17. The van der Waals surface area contributed by atoms with Crippen LogP contribution in [-0.2, 0) is 25.9 Å². The monoisotopic (exact) mass is 624 g/mol. The minimum Gasteiger partial charge on any atom is -0.388 e. The van der Waals surface area contributed by atoms with Gasteiger partial charge in [0.15, 0.2) is 0 Å². The Hall–Kier alpha value is -4.27. The van der Waals surface area contributed by atoms with Gasteiger partial charge in [0.1, 0.15) is 17.1 Å². The van der Waals surface area contributed by atoms with Gasteiger partial charge < -0.3 is 35.4 Å². The minimum absolute atomic E-state index is 0.0721. The van der Waals surface area contributed by atoms with E-state index in [-0.39, 0.29) is 41.6 Å². The van der Waals surface area contributed by atoms with Gasteiger partial charge in [-0.05, 0) is 18.2 Å². The fraction of sp³-hybridized carbons (Fsp3) is 0.250. The molecule has 0 spiro atoms. The van der Waals surface area contributed by atoms with Crippen LogP contribution in [0.4, 0.5) is 17.1 Å². The summed E-state index contributed by atoms with van der Waals surface area (Å²) < 4.78 is 2.55. The van der Waals surface area contributed by atoms with Gasteiger partial charge in [0.2, 0.25) is 10.2 Å². The normalized spacial score (nSPS) is 11.4. The molecule has 3 aromatic rings. The summed E-state index contributed by atoms with van der Waals surface area (Å²) in [6, 6.07) is 4.35. The number of amidine groups is 1. The van der Waals surface area contributed by atoms with Crippen molar-refractivity contribution >= 4 is 88.0 Å². The van der Waals surface area contributed by atoms with Crippen molar-refractivity contribution in [1.29, 1.82) is 5.41 Å². The van der Waals surface area contributed by atoms with E-state index in [0.717, 1.165) is 11.2 Å². The molecule has 218 valence electrons. The number of nitrogens with one attached hydrogen (secondary N) is 4. The molecule has 14 nitrogen and oxygen atoms in total. The van der Waals surface area contributed by atoms with Gasteiger partial charge in [-0.25, -0.2) is 0 Å². The third-order valence-corrected chi connectivity index (χ3v) is 5.90. The molecule has 3 aromatic heterocycles. The van der Waals surface area contributed by atoms with Crippen molar-refractivity contribution in [2.75, 3.05) is 22.2 Å². The Balaban J connectivity index is 1.89. The lowest BCUT2D eigenvalue weighted by atomic mass is 10.3. The molecule has 0 radical (unpaired) electrons. The van der Waals surface area contributed by atoms with Crippen molar-refractivity contribution in [3.05, 3.63) is 53.9 Å². The second kappa shape index (κ2) is 12.9.